The fraction of sp³-hybridized carbons (Fsp3) is 0.500. The van der Waals surface area contributed by atoms with Gasteiger partial charge >= 0.3 is 0 Å². The summed E-state index contributed by atoms with van der Waals surface area (Å²) in [6, 6.07) is 0.299. The number of hydrogen-bond donors (Lipinski definition) is 1. The highest BCUT2D eigenvalue weighted by Gasteiger charge is 2.26. The first kappa shape index (κ1) is 13.8. The third kappa shape index (κ3) is 2.69. The molecule has 7 heteroatoms. The highest BCUT2D eigenvalue weighted by molar-refractivity contribution is 5.93. The highest BCUT2D eigenvalue weighted by Crippen LogP contribution is 2.22. The lowest BCUT2D eigenvalue weighted by molar-refractivity contribution is 0.0702. The molecule has 1 unspecified atom stereocenters. The molecule has 0 aliphatic carbocycles. The van der Waals surface area contributed by atoms with Crippen LogP contribution in [0.3, 0.4) is 0 Å². The van der Waals surface area contributed by atoms with Gasteiger partial charge < -0.3 is 14.6 Å². The van der Waals surface area contributed by atoms with Gasteiger partial charge in [0.1, 0.15) is 5.76 Å². The van der Waals surface area contributed by atoms with Crippen LogP contribution < -0.4 is 5.32 Å². The number of aromatic nitrogens is 3. The van der Waals surface area contributed by atoms with E-state index >= 15 is 0 Å². The lowest BCUT2D eigenvalue weighted by Crippen LogP contribution is -2.51. The van der Waals surface area contributed by atoms with Crippen LogP contribution in [0, 0.1) is 6.92 Å². The number of carbonyl (C=O) groups excluding carboxylic acids is 1. The molecule has 3 rings (SSSR count). The fourth-order valence-corrected chi connectivity index (χ4v) is 2.52. The molecule has 1 aliphatic rings. The maximum atomic E-state index is 12.6. The van der Waals surface area contributed by atoms with E-state index in [-0.39, 0.29) is 5.91 Å². The number of piperazine rings is 1. The summed E-state index contributed by atoms with van der Waals surface area (Å²) < 4.78 is 7.30. The van der Waals surface area contributed by atoms with E-state index in [1.54, 1.807) is 17.8 Å². The van der Waals surface area contributed by atoms with E-state index in [1.807, 2.05) is 18.1 Å². The molecule has 0 spiro atoms. The predicted octanol–water partition coefficient (Wildman–Crippen LogP) is 0.817. The quantitative estimate of drug-likeness (QED) is 0.885. The second-order valence-corrected chi connectivity index (χ2v) is 5.43. The zero-order chi connectivity index (χ0) is 15.0. The Kier molecular flexibility index (Phi) is 3.50. The van der Waals surface area contributed by atoms with Crippen molar-refractivity contribution in [1.29, 1.82) is 0 Å². The van der Waals surface area contributed by atoms with Crippen LogP contribution >= 0.6 is 0 Å². The first-order valence-electron chi connectivity index (χ1n) is 7.03. The molecule has 1 amide bonds. The van der Waals surface area contributed by atoms with Crippen LogP contribution in [0.5, 0.6) is 0 Å². The summed E-state index contributed by atoms with van der Waals surface area (Å²) >= 11 is 0. The van der Waals surface area contributed by atoms with Crippen molar-refractivity contribution in [2.75, 3.05) is 19.6 Å². The zero-order valence-corrected chi connectivity index (χ0v) is 12.5. The van der Waals surface area contributed by atoms with Crippen molar-refractivity contribution in [3.05, 3.63) is 23.8 Å². The highest BCUT2D eigenvalue weighted by atomic mass is 16.4. The van der Waals surface area contributed by atoms with Gasteiger partial charge in [-0.1, -0.05) is 0 Å². The Labute approximate surface area is 122 Å². The average Bonchev–Trinajstić information content (AvgIpc) is 3.04. The average molecular weight is 289 g/mol. The number of oxazole rings is 1. The lowest BCUT2D eigenvalue weighted by atomic mass is 10.2. The summed E-state index contributed by atoms with van der Waals surface area (Å²) in [4.78, 5) is 18.8. The minimum atomic E-state index is -0.0697. The van der Waals surface area contributed by atoms with Crippen molar-refractivity contribution in [3.8, 4) is 11.5 Å². The van der Waals surface area contributed by atoms with Gasteiger partial charge in [-0.25, -0.2) is 4.98 Å². The lowest BCUT2D eigenvalue weighted by Gasteiger charge is -2.31. The SMILES string of the molecule is Cc1oc(-c2cnn(C)c2)nc1C(=O)N1CCNC(C)C1. The predicted molar refractivity (Wildman–Crippen MR) is 76.8 cm³/mol. The summed E-state index contributed by atoms with van der Waals surface area (Å²) in [6.07, 6.45) is 3.48. The van der Waals surface area contributed by atoms with E-state index in [1.165, 1.54) is 0 Å². The minimum Gasteiger partial charge on any atom is -0.440 e. The minimum absolute atomic E-state index is 0.0697. The second kappa shape index (κ2) is 5.33. The Morgan fingerprint density at radius 1 is 1.52 bits per heavy atom. The Balaban J connectivity index is 1.85. The van der Waals surface area contributed by atoms with Crippen molar-refractivity contribution in [3.63, 3.8) is 0 Å². The Hall–Kier alpha value is -2.15. The van der Waals surface area contributed by atoms with Crippen LogP contribution in [0.25, 0.3) is 11.5 Å². The van der Waals surface area contributed by atoms with Crippen molar-refractivity contribution >= 4 is 5.91 Å². The summed E-state index contributed by atoms with van der Waals surface area (Å²) in [6.45, 7) is 6.02. The molecule has 1 atom stereocenters. The Bertz CT molecular complexity index is 660. The third-order valence-corrected chi connectivity index (χ3v) is 3.61. The summed E-state index contributed by atoms with van der Waals surface area (Å²) in [5.41, 5.74) is 1.16. The van der Waals surface area contributed by atoms with Crippen molar-refractivity contribution in [2.24, 2.45) is 7.05 Å². The van der Waals surface area contributed by atoms with Crippen LogP contribution in [0.1, 0.15) is 23.2 Å². The Morgan fingerprint density at radius 3 is 3.00 bits per heavy atom. The van der Waals surface area contributed by atoms with E-state index in [4.69, 9.17) is 4.42 Å². The second-order valence-electron chi connectivity index (χ2n) is 5.43. The van der Waals surface area contributed by atoms with Gasteiger partial charge in [0.2, 0.25) is 5.89 Å². The van der Waals surface area contributed by atoms with Crippen molar-refractivity contribution in [1.82, 2.24) is 25.0 Å². The van der Waals surface area contributed by atoms with Crippen LogP contribution in [0.15, 0.2) is 16.8 Å². The van der Waals surface area contributed by atoms with Gasteiger partial charge in [-0.15, -0.1) is 0 Å². The number of rotatable bonds is 2. The molecule has 112 valence electrons. The molecule has 2 aromatic heterocycles. The van der Waals surface area contributed by atoms with Crippen LogP contribution in [-0.4, -0.2) is 51.2 Å². The number of nitrogens with one attached hydrogen (secondary N) is 1. The number of carbonyl (C=O) groups is 1. The van der Waals surface area contributed by atoms with Crippen LogP contribution in [0.2, 0.25) is 0 Å². The maximum Gasteiger partial charge on any atom is 0.276 e. The van der Waals surface area contributed by atoms with Gasteiger partial charge in [-0.05, 0) is 13.8 Å². The Morgan fingerprint density at radius 2 is 2.33 bits per heavy atom. The zero-order valence-electron chi connectivity index (χ0n) is 12.5. The third-order valence-electron chi connectivity index (χ3n) is 3.61. The first-order valence-corrected chi connectivity index (χ1v) is 7.03. The largest absolute Gasteiger partial charge is 0.440 e. The topological polar surface area (TPSA) is 76.2 Å². The standard InChI is InChI=1S/C14H19N5O2/c1-9-7-19(5-4-15-9)14(20)12-10(2)21-13(17-12)11-6-16-18(3)8-11/h6,8-9,15H,4-5,7H2,1-3H3. The monoisotopic (exact) mass is 289 g/mol. The molecule has 3 heterocycles. The molecule has 0 radical (unpaired) electrons. The number of nitrogens with zero attached hydrogens (tertiary/aromatic N) is 4. The normalized spacial score (nSPS) is 19.0. The number of amides is 1. The van der Waals surface area contributed by atoms with E-state index < -0.39 is 0 Å². The van der Waals surface area contributed by atoms with Gasteiger partial charge in [-0.2, -0.15) is 5.10 Å². The molecule has 0 saturated carbocycles. The molecule has 0 bridgehead atoms. The van der Waals surface area contributed by atoms with Gasteiger partial charge in [0.15, 0.2) is 5.69 Å². The van der Waals surface area contributed by atoms with Crippen LogP contribution in [0.4, 0.5) is 0 Å². The van der Waals surface area contributed by atoms with Gasteiger partial charge in [0.05, 0.1) is 11.8 Å². The van der Waals surface area contributed by atoms with E-state index in [9.17, 15) is 4.79 Å². The van der Waals surface area contributed by atoms with E-state index in [0.717, 1.165) is 12.1 Å². The van der Waals surface area contributed by atoms with Gasteiger partial charge in [-0.3, -0.25) is 9.48 Å². The summed E-state index contributed by atoms with van der Waals surface area (Å²) in [5, 5.41) is 7.41. The van der Waals surface area contributed by atoms with Gasteiger partial charge in [0.25, 0.3) is 5.91 Å². The fourth-order valence-electron chi connectivity index (χ4n) is 2.52. The molecule has 2 aromatic rings. The van der Waals surface area contributed by atoms with Crippen LogP contribution in [-0.2, 0) is 7.05 Å². The molecule has 1 aliphatic heterocycles. The number of aryl methyl sites for hydroxylation is 2. The molecule has 7 nitrogen and oxygen atoms in total. The molecule has 21 heavy (non-hydrogen) atoms. The van der Waals surface area contributed by atoms with Gasteiger partial charge in [0, 0.05) is 38.9 Å². The first-order chi connectivity index (χ1) is 10.0. The summed E-state index contributed by atoms with van der Waals surface area (Å²) in [7, 11) is 1.83. The number of hydrogen-bond acceptors (Lipinski definition) is 5. The molecule has 1 fully saturated rings. The smallest absolute Gasteiger partial charge is 0.276 e. The van der Waals surface area contributed by atoms with Crippen molar-refractivity contribution in [2.45, 2.75) is 19.9 Å². The molecule has 1 N–H and O–H groups in total. The molecular formula is C14H19N5O2. The molecule has 1 saturated heterocycles. The van der Waals surface area contributed by atoms with E-state index in [2.05, 4.69) is 22.3 Å². The summed E-state index contributed by atoms with van der Waals surface area (Å²) in [5.74, 6) is 0.914. The maximum absolute atomic E-state index is 12.6. The van der Waals surface area contributed by atoms with Crippen molar-refractivity contribution < 1.29 is 9.21 Å². The molecule has 0 aromatic carbocycles. The van der Waals surface area contributed by atoms with E-state index in [0.29, 0.717) is 36.5 Å². The molecular weight excluding hydrogens is 270 g/mol.